The van der Waals surface area contributed by atoms with Gasteiger partial charge < -0.3 is 0 Å². The molecule has 0 atom stereocenters. The molecule has 0 rings (SSSR count). The number of hydrogen-bond donors (Lipinski definition) is 0. The predicted octanol–water partition coefficient (Wildman–Crippen LogP) is 3.38. The summed E-state index contributed by atoms with van der Waals surface area (Å²) in [5.74, 6) is 0. The Bertz CT molecular complexity index is 143. The molecule has 0 saturated heterocycles. The van der Waals surface area contributed by atoms with Crippen molar-refractivity contribution < 1.29 is 4.39 Å². The Hall–Kier alpha value is -0.850. The van der Waals surface area contributed by atoms with Crippen LogP contribution in [0.4, 0.5) is 4.39 Å². The van der Waals surface area contributed by atoms with Crippen LogP contribution in [0.5, 0.6) is 0 Å². The van der Waals surface area contributed by atoms with Gasteiger partial charge in [0, 0.05) is 0 Å². The molecule has 10 heavy (non-hydrogen) atoms. The van der Waals surface area contributed by atoms with Gasteiger partial charge in [-0.3, -0.25) is 0 Å². The molecule has 0 heterocycles. The number of rotatable bonds is 4. The lowest BCUT2D eigenvalue weighted by atomic mass is 10.1. The molecule has 0 saturated carbocycles. The summed E-state index contributed by atoms with van der Waals surface area (Å²) in [4.78, 5) is 0. The molecule has 0 aromatic carbocycles. The minimum Gasteiger partial charge on any atom is -0.215 e. The van der Waals surface area contributed by atoms with Crippen LogP contribution in [0.2, 0.25) is 0 Å². The Labute approximate surface area is 61.8 Å². The Morgan fingerprint density at radius 2 is 2.30 bits per heavy atom. The lowest BCUT2D eigenvalue weighted by Crippen LogP contribution is -1.74. The molecule has 0 aliphatic carbocycles. The van der Waals surface area contributed by atoms with E-state index >= 15 is 0 Å². The first-order valence-electron chi connectivity index (χ1n) is 3.43. The second-order valence-corrected chi connectivity index (χ2v) is 2.03. The fourth-order valence-corrected chi connectivity index (χ4v) is 0.655. The van der Waals surface area contributed by atoms with E-state index in [-0.39, 0.29) is 0 Å². The quantitative estimate of drug-likeness (QED) is 0.525. The van der Waals surface area contributed by atoms with E-state index in [1.165, 1.54) is 0 Å². The van der Waals surface area contributed by atoms with Crippen molar-refractivity contribution in [2.24, 2.45) is 0 Å². The minimum atomic E-state index is 0.642. The van der Waals surface area contributed by atoms with E-state index in [1.54, 1.807) is 18.2 Å². The zero-order chi connectivity index (χ0) is 7.82. The molecule has 0 amide bonds. The van der Waals surface area contributed by atoms with Crippen LogP contribution in [0, 0.1) is 0 Å². The van der Waals surface area contributed by atoms with Crippen molar-refractivity contribution in [1.82, 2.24) is 0 Å². The second kappa shape index (κ2) is 6.27. The second-order valence-electron chi connectivity index (χ2n) is 2.03. The van der Waals surface area contributed by atoms with Gasteiger partial charge in [0.2, 0.25) is 0 Å². The Morgan fingerprint density at radius 1 is 1.60 bits per heavy atom. The van der Waals surface area contributed by atoms with Gasteiger partial charge in [-0.2, -0.15) is 0 Å². The van der Waals surface area contributed by atoms with Crippen molar-refractivity contribution in [2.45, 2.75) is 19.8 Å². The molecular weight excluding hydrogens is 127 g/mol. The Morgan fingerprint density at radius 3 is 2.70 bits per heavy atom. The molecule has 0 aliphatic rings. The molecule has 56 valence electrons. The van der Waals surface area contributed by atoms with Gasteiger partial charge in [0.15, 0.2) is 0 Å². The van der Waals surface area contributed by atoms with E-state index in [9.17, 15) is 4.39 Å². The molecule has 0 radical (unpaired) electrons. The zero-order valence-corrected chi connectivity index (χ0v) is 6.31. The predicted molar refractivity (Wildman–Crippen MR) is 43.4 cm³/mol. The van der Waals surface area contributed by atoms with E-state index in [1.807, 2.05) is 6.92 Å². The molecule has 0 N–H and O–H groups in total. The molecule has 0 nitrogen and oxygen atoms in total. The first kappa shape index (κ1) is 9.15. The molecule has 0 fully saturated rings. The summed E-state index contributed by atoms with van der Waals surface area (Å²) in [6, 6.07) is 0. The topological polar surface area (TPSA) is 0 Å². The summed E-state index contributed by atoms with van der Waals surface area (Å²) >= 11 is 0. The largest absolute Gasteiger partial charge is 0.215 e. The van der Waals surface area contributed by atoms with Crippen molar-refractivity contribution >= 4 is 0 Å². The molecule has 0 spiro atoms. The van der Waals surface area contributed by atoms with Gasteiger partial charge in [-0.15, -0.1) is 0 Å². The van der Waals surface area contributed by atoms with E-state index in [2.05, 4.69) is 6.58 Å². The molecule has 0 aliphatic heterocycles. The minimum absolute atomic E-state index is 0.642. The highest BCUT2D eigenvalue weighted by Gasteiger charge is 1.87. The standard InChI is InChI=1S/C9H13F/c1-3-5-7-9(8-10)6-4-2/h3,5,7-8H,1,4,6H2,2H3/b7-5-,9-8+. The lowest BCUT2D eigenvalue weighted by molar-refractivity contribution is 0.702. The number of allylic oxidation sites excluding steroid dienone is 4. The van der Waals surface area contributed by atoms with E-state index in [0.717, 1.165) is 18.4 Å². The first-order valence-corrected chi connectivity index (χ1v) is 3.43. The van der Waals surface area contributed by atoms with Crippen molar-refractivity contribution in [3.05, 3.63) is 36.7 Å². The fraction of sp³-hybridized carbons (Fsp3) is 0.333. The van der Waals surface area contributed by atoms with Crippen LogP contribution >= 0.6 is 0 Å². The Kier molecular flexibility index (Phi) is 5.74. The average Bonchev–Trinajstić information content (AvgIpc) is 1.98. The monoisotopic (exact) mass is 140 g/mol. The van der Waals surface area contributed by atoms with Crippen LogP contribution in [0.3, 0.4) is 0 Å². The van der Waals surface area contributed by atoms with Gasteiger partial charge in [-0.25, -0.2) is 4.39 Å². The Balaban J connectivity index is 3.84. The smallest absolute Gasteiger partial charge is 0.0898 e. The van der Waals surface area contributed by atoms with Crippen molar-refractivity contribution in [1.29, 1.82) is 0 Å². The van der Waals surface area contributed by atoms with Crippen molar-refractivity contribution in [3.63, 3.8) is 0 Å². The van der Waals surface area contributed by atoms with E-state index in [4.69, 9.17) is 0 Å². The fourth-order valence-electron chi connectivity index (χ4n) is 0.655. The molecular formula is C9H13F. The maximum Gasteiger partial charge on any atom is 0.0898 e. The first-order chi connectivity index (χ1) is 4.85. The van der Waals surface area contributed by atoms with Crippen LogP contribution in [0.25, 0.3) is 0 Å². The molecule has 1 heteroatoms. The van der Waals surface area contributed by atoms with Gasteiger partial charge in [0.25, 0.3) is 0 Å². The SMILES string of the molecule is C=C/C=C\C(=C\F)CCC. The molecule has 0 unspecified atom stereocenters. The highest BCUT2D eigenvalue weighted by Crippen LogP contribution is 2.06. The average molecular weight is 140 g/mol. The summed E-state index contributed by atoms with van der Waals surface area (Å²) in [5, 5.41) is 0. The highest BCUT2D eigenvalue weighted by molar-refractivity contribution is 5.19. The molecule has 0 aromatic heterocycles. The van der Waals surface area contributed by atoms with Crippen molar-refractivity contribution in [3.8, 4) is 0 Å². The summed E-state index contributed by atoms with van der Waals surface area (Å²) in [6.45, 7) is 5.51. The zero-order valence-electron chi connectivity index (χ0n) is 6.31. The maximum atomic E-state index is 11.9. The summed E-state index contributed by atoms with van der Waals surface area (Å²) in [5.41, 5.74) is 0.724. The third-order valence-electron chi connectivity index (χ3n) is 1.13. The summed E-state index contributed by atoms with van der Waals surface area (Å²) < 4.78 is 11.9. The van der Waals surface area contributed by atoms with Crippen LogP contribution < -0.4 is 0 Å². The van der Waals surface area contributed by atoms with Gasteiger partial charge >= 0.3 is 0 Å². The normalized spacial score (nSPS) is 12.4. The van der Waals surface area contributed by atoms with Crippen LogP contribution in [-0.4, -0.2) is 0 Å². The molecule has 0 aromatic rings. The summed E-state index contributed by atoms with van der Waals surface area (Å²) in [7, 11) is 0. The van der Waals surface area contributed by atoms with Crippen LogP contribution in [-0.2, 0) is 0 Å². The summed E-state index contributed by atoms with van der Waals surface area (Å²) in [6.07, 6.45) is 7.51. The van der Waals surface area contributed by atoms with Gasteiger partial charge in [-0.1, -0.05) is 38.2 Å². The number of hydrogen-bond acceptors (Lipinski definition) is 0. The maximum absolute atomic E-state index is 11.9. The molecule has 0 bridgehead atoms. The third kappa shape index (κ3) is 4.07. The van der Waals surface area contributed by atoms with Gasteiger partial charge in [0.1, 0.15) is 0 Å². The van der Waals surface area contributed by atoms with E-state index in [0.29, 0.717) is 6.33 Å². The van der Waals surface area contributed by atoms with Crippen molar-refractivity contribution in [2.75, 3.05) is 0 Å². The van der Waals surface area contributed by atoms with E-state index < -0.39 is 0 Å². The van der Waals surface area contributed by atoms with Crippen LogP contribution in [0.15, 0.2) is 36.7 Å². The van der Waals surface area contributed by atoms with Crippen LogP contribution in [0.1, 0.15) is 19.8 Å². The van der Waals surface area contributed by atoms with Gasteiger partial charge in [0.05, 0.1) is 6.33 Å². The highest BCUT2D eigenvalue weighted by atomic mass is 19.1. The number of halogens is 1. The lowest BCUT2D eigenvalue weighted by Gasteiger charge is -1.92. The third-order valence-corrected chi connectivity index (χ3v) is 1.13. The van der Waals surface area contributed by atoms with Gasteiger partial charge in [-0.05, 0) is 12.0 Å².